The Balaban J connectivity index is 3.75. The molecule has 0 aliphatic rings. The first-order valence-electron chi connectivity index (χ1n) is 1.51. The highest BCUT2D eigenvalue weighted by Crippen LogP contribution is 1.88. The maximum Gasteiger partial charge on any atom is 0.217 e. The molecule has 0 aromatic heterocycles. The van der Waals surface area contributed by atoms with Crippen molar-refractivity contribution < 1.29 is 0 Å². The van der Waals surface area contributed by atoms with Crippen LogP contribution in [-0.2, 0) is 0 Å². The van der Waals surface area contributed by atoms with Crippen molar-refractivity contribution in [1.82, 2.24) is 3.53 Å². The van der Waals surface area contributed by atoms with Gasteiger partial charge in [0.25, 0.3) is 0 Å². The van der Waals surface area contributed by atoms with Gasteiger partial charge in [0.05, 0.1) is 22.9 Å². The number of halogens is 3. The molecule has 8 heavy (non-hydrogen) atoms. The lowest BCUT2D eigenvalue weighted by atomic mass is 11.2. The van der Waals surface area contributed by atoms with E-state index in [0.29, 0.717) is 0 Å². The zero-order valence-corrected chi connectivity index (χ0v) is 7.25. The van der Waals surface area contributed by atoms with E-state index in [9.17, 15) is 0 Å². The Morgan fingerprint density at radius 1 is 1.62 bits per heavy atom. The first-order valence-corrected chi connectivity index (χ1v) is 3.35. The van der Waals surface area contributed by atoms with Crippen LogP contribution in [0.4, 0.5) is 0 Å². The van der Waals surface area contributed by atoms with E-state index in [1.165, 1.54) is 0 Å². The Kier molecular flexibility index (Phi) is 4.58. The van der Waals surface area contributed by atoms with Gasteiger partial charge in [0, 0.05) is 0 Å². The van der Waals surface area contributed by atoms with Crippen molar-refractivity contribution in [3.63, 3.8) is 0 Å². The van der Waals surface area contributed by atoms with Crippen LogP contribution < -0.4 is 3.53 Å². The highest BCUT2D eigenvalue weighted by Gasteiger charge is 1.88. The molecule has 0 spiro atoms. The number of hydrogen-bond donors (Lipinski definition) is 2. The van der Waals surface area contributed by atoms with Crippen molar-refractivity contribution in [3.05, 3.63) is 0 Å². The number of nitrogens with one attached hydrogen (secondary N) is 2. The van der Waals surface area contributed by atoms with Gasteiger partial charge in [0.2, 0.25) is 10.6 Å². The fourth-order valence-corrected chi connectivity index (χ4v) is 0.440. The van der Waals surface area contributed by atoms with Gasteiger partial charge in [-0.25, -0.2) is 0 Å². The van der Waals surface area contributed by atoms with E-state index in [4.69, 9.17) is 28.6 Å². The van der Waals surface area contributed by atoms with E-state index < -0.39 is 0 Å². The summed E-state index contributed by atoms with van der Waals surface area (Å²) in [4.78, 5) is 3.31. The molecule has 0 heterocycles. The summed E-state index contributed by atoms with van der Waals surface area (Å²) < 4.78 is 2.46. The number of rotatable bonds is 0. The largest absolute Gasteiger partial charge is 0.303 e. The average molecular weight is 266 g/mol. The second kappa shape index (κ2) is 4.34. The minimum absolute atomic E-state index is 0.102. The molecular formula is C2H2Cl2IN3. The summed E-state index contributed by atoms with van der Waals surface area (Å²) in [6, 6.07) is 0. The van der Waals surface area contributed by atoms with Crippen molar-refractivity contribution in [3.8, 4) is 0 Å². The molecule has 0 saturated heterocycles. The van der Waals surface area contributed by atoms with Gasteiger partial charge in [-0.2, -0.15) is 4.99 Å². The molecule has 0 rings (SSSR count). The summed E-state index contributed by atoms with van der Waals surface area (Å²) >= 11 is 12.1. The summed E-state index contributed by atoms with van der Waals surface area (Å²) in [5.74, 6) is 0. The highest BCUT2D eigenvalue weighted by molar-refractivity contribution is 14.1. The predicted molar refractivity (Wildman–Crippen MR) is 44.0 cm³/mol. The van der Waals surface area contributed by atoms with Crippen molar-refractivity contribution in [2.45, 2.75) is 0 Å². The van der Waals surface area contributed by atoms with E-state index in [1.807, 2.05) is 0 Å². The Morgan fingerprint density at radius 2 is 2.12 bits per heavy atom. The number of aliphatic imine (C=N–C) groups is 1. The van der Waals surface area contributed by atoms with Crippen LogP contribution in [0.2, 0.25) is 0 Å². The SMILES string of the molecule is N=C(Cl)/N=C(/Cl)NI. The van der Waals surface area contributed by atoms with Gasteiger partial charge in [-0.1, -0.05) is 0 Å². The van der Waals surface area contributed by atoms with Crippen LogP contribution in [0.5, 0.6) is 0 Å². The van der Waals surface area contributed by atoms with Gasteiger partial charge in [-0.3, -0.25) is 5.41 Å². The molecular weight excluding hydrogens is 264 g/mol. The maximum atomic E-state index is 6.58. The van der Waals surface area contributed by atoms with Crippen LogP contribution in [-0.4, -0.2) is 10.6 Å². The van der Waals surface area contributed by atoms with Crippen LogP contribution in [0.15, 0.2) is 4.99 Å². The zero-order valence-electron chi connectivity index (χ0n) is 3.58. The normalized spacial score (nSPS) is 11.1. The number of nitrogens with zero attached hydrogens (tertiary/aromatic N) is 1. The molecule has 46 valence electrons. The van der Waals surface area contributed by atoms with Gasteiger partial charge < -0.3 is 3.53 Å². The predicted octanol–water partition coefficient (Wildman–Crippen LogP) is 1.69. The molecule has 0 aliphatic carbocycles. The van der Waals surface area contributed by atoms with E-state index in [1.54, 1.807) is 22.9 Å². The topological polar surface area (TPSA) is 48.2 Å². The van der Waals surface area contributed by atoms with E-state index in [2.05, 4.69) is 8.52 Å². The van der Waals surface area contributed by atoms with Crippen LogP contribution in [0, 0.1) is 5.41 Å². The Labute approximate surface area is 70.5 Å². The summed E-state index contributed by atoms with van der Waals surface area (Å²) in [6.45, 7) is 0. The maximum absolute atomic E-state index is 6.58. The lowest BCUT2D eigenvalue weighted by molar-refractivity contribution is 1.48. The fourth-order valence-electron chi connectivity index (χ4n) is 0.107. The molecule has 0 atom stereocenters. The van der Waals surface area contributed by atoms with E-state index in [0.717, 1.165) is 0 Å². The quantitative estimate of drug-likeness (QED) is 0.226. The zero-order chi connectivity index (χ0) is 6.57. The van der Waals surface area contributed by atoms with Crippen molar-refractivity contribution in [2.24, 2.45) is 4.99 Å². The standard InChI is InChI=1S/C2H2Cl2IN3/c3-1(6)7-2(4)8-5/h(H2,6,7,8). The molecule has 3 nitrogen and oxygen atoms in total. The minimum Gasteiger partial charge on any atom is -0.303 e. The second-order valence-corrected chi connectivity index (χ2v) is 2.04. The van der Waals surface area contributed by atoms with Crippen LogP contribution >= 0.6 is 46.1 Å². The highest BCUT2D eigenvalue weighted by atomic mass is 127. The summed E-state index contributed by atoms with van der Waals surface area (Å²) in [5, 5.41) is 6.35. The Morgan fingerprint density at radius 3 is 2.25 bits per heavy atom. The third-order valence-corrected chi connectivity index (χ3v) is 1.37. The third kappa shape index (κ3) is 4.61. The average Bonchev–Trinajstić information content (AvgIpc) is 1.65. The first-order chi connectivity index (χ1) is 3.66. The fraction of sp³-hybridized carbons (Fsp3) is 0. The smallest absolute Gasteiger partial charge is 0.217 e. The third-order valence-electron chi connectivity index (χ3n) is 0.274. The molecule has 0 aromatic carbocycles. The van der Waals surface area contributed by atoms with Gasteiger partial charge in [0.1, 0.15) is 0 Å². The molecule has 2 N–H and O–H groups in total. The Hall–Kier alpha value is 0.450. The monoisotopic (exact) mass is 265 g/mol. The van der Waals surface area contributed by atoms with E-state index >= 15 is 0 Å². The van der Waals surface area contributed by atoms with Gasteiger partial charge in [-0.15, -0.1) is 0 Å². The molecule has 0 unspecified atom stereocenters. The molecule has 0 saturated carbocycles. The van der Waals surface area contributed by atoms with Crippen LogP contribution in [0.1, 0.15) is 0 Å². The molecule has 0 aliphatic heterocycles. The lowest BCUT2D eigenvalue weighted by Crippen LogP contribution is -2.03. The molecule has 0 radical (unpaired) electrons. The van der Waals surface area contributed by atoms with Crippen LogP contribution in [0.3, 0.4) is 0 Å². The summed E-state index contributed by atoms with van der Waals surface area (Å²) in [7, 11) is 0. The molecule has 0 fully saturated rings. The second-order valence-electron chi connectivity index (χ2n) is 0.788. The molecule has 0 bridgehead atoms. The van der Waals surface area contributed by atoms with Crippen LogP contribution in [0.25, 0.3) is 0 Å². The lowest BCUT2D eigenvalue weighted by Gasteiger charge is -1.87. The summed E-state index contributed by atoms with van der Waals surface area (Å²) in [5.41, 5.74) is 0. The van der Waals surface area contributed by atoms with E-state index in [-0.39, 0.29) is 10.6 Å². The van der Waals surface area contributed by atoms with Gasteiger partial charge in [0.15, 0.2) is 0 Å². The van der Waals surface area contributed by atoms with Gasteiger partial charge in [-0.05, 0) is 23.2 Å². The molecule has 0 amide bonds. The molecule has 6 heteroatoms. The van der Waals surface area contributed by atoms with Crippen molar-refractivity contribution in [2.75, 3.05) is 0 Å². The van der Waals surface area contributed by atoms with Gasteiger partial charge >= 0.3 is 0 Å². The number of amidine groups is 2. The molecule has 0 aromatic rings. The minimum atomic E-state index is -0.334. The Bertz CT molecular complexity index is 122. The van der Waals surface area contributed by atoms with Crippen molar-refractivity contribution in [1.29, 1.82) is 5.41 Å². The summed E-state index contributed by atoms with van der Waals surface area (Å²) in [6.07, 6.45) is 0. The van der Waals surface area contributed by atoms with Crippen molar-refractivity contribution >= 4 is 56.7 Å². The number of hydrogen-bond acceptors (Lipinski definition) is 1. The first kappa shape index (κ1) is 8.45.